The van der Waals surface area contributed by atoms with Gasteiger partial charge in [-0.15, -0.1) is 0 Å². The molecule has 5 heteroatoms. The molecule has 1 unspecified atom stereocenters. The molecule has 4 nitrogen and oxygen atoms in total. The zero-order valence-electron chi connectivity index (χ0n) is 11.2. The average Bonchev–Trinajstić information content (AvgIpc) is 2.35. The molecule has 0 saturated carbocycles. The molecule has 0 aromatic carbocycles. The van der Waals surface area contributed by atoms with Crippen LogP contribution >= 0.6 is 11.6 Å². The summed E-state index contributed by atoms with van der Waals surface area (Å²) in [6, 6.07) is 0.331. The van der Waals surface area contributed by atoms with E-state index < -0.39 is 0 Å². The van der Waals surface area contributed by atoms with E-state index in [2.05, 4.69) is 28.7 Å². The molecule has 1 aromatic rings. The zero-order valence-corrected chi connectivity index (χ0v) is 12.0. The van der Waals surface area contributed by atoms with Crippen molar-refractivity contribution in [2.45, 2.75) is 39.7 Å². The molecule has 0 bridgehead atoms. The lowest BCUT2D eigenvalue weighted by molar-refractivity contribution is 0.0984. The summed E-state index contributed by atoms with van der Waals surface area (Å²) in [5.41, 5.74) is 0.963. The quantitative estimate of drug-likeness (QED) is 0.791. The molecule has 18 heavy (non-hydrogen) atoms. The first-order chi connectivity index (χ1) is 8.63. The van der Waals surface area contributed by atoms with Crippen LogP contribution in [0.2, 0.25) is 5.15 Å². The molecule has 0 spiro atoms. The van der Waals surface area contributed by atoms with Crippen molar-refractivity contribution in [1.82, 2.24) is 9.97 Å². The van der Waals surface area contributed by atoms with E-state index in [1.807, 2.05) is 6.92 Å². The smallest absolute Gasteiger partial charge is 0.137 e. The third-order valence-corrected chi connectivity index (χ3v) is 3.59. The van der Waals surface area contributed by atoms with Gasteiger partial charge in [-0.25, -0.2) is 9.97 Å². The Morgan fingerprint density at radius 1 is 1.44 bits per heavy atom. The molecule has 100 valence electrons. The van der Waals surface area contributed by atoms with E-state index in [4.69, 9.17) is 16.3 Å². The van der Waals surface area contributed by atoms with Crippen LogP contribution in [0.3, 0.4) is 0 Å². The normalized spacial score (nSPS) is 20.2. The van der Waals surface area contributed by atoms with Crippen LogP contribution in [0.5, 0.6) is 0 Å². The number of halogens is 1. The van der Waals surface area contributed by atoms with Crippen LogP contribution in [-0.2, 0) is 11.2 Å². The minimum atomic E-state index is 0.331. The van der Waals surface area contributed by atoms with Crippen LogP contribution in [0.4, 0.5) is 5.82 Å². The first-order valence-corrected chi connectivity index (χ1v) is 6.88. The monoisotopic (exact) mass is 269 g/mol. The molecule has 0 amide bonds. The Hall–Kier alpha value is -0.870. The zero-order chi connectivity index (χ0) is 13.1. The van der Waals surface area contributed by atoms with Crippen LogP contribution in [0.1, 0.15) is 31.7 Å². The van der Waals surface area contributed by atoms with Crippen LogP contribution in [-0.4, -0.2) is 35.8 Å². The van der Waals surface area contributed by atoms with Gasteiger partial charge in [-0.2, -0.15) is 0 Å². The molecule has 0 N–H and O–H groups in total. The highest BCUT2D eigenvalue weighted by Gasteiger charge is 2.23. The summed E-state index contributed by atoms with van der Waals surface area (Å²) >= 11 is 6.21. The Morgan fingerprint density at radius 2 is 2.22 bits per heavy atom. The second kappa shape index (κ2) is 5.85. The maximum atomic E-state index is 6.21. The molecule has 0 aliphatic carbocycles. The molecule has 1 fully saturated rings. The lowest BCUT2D eigenvalue weighted by Gasteiger charge is -2.35. The highest BCUT2D eigenvalue weighted by Crippen LogP contribution is 2.26. The molecule has 2 rings (SSSR count). The average molecular weight is 270 g/mol. The lowest BCUT2D eigenvalue weighted by Crippen LogP contribution is -2.44. The third-order valence-electron chi connectivity index (χ3n) is 3.22. The number of anilines is 1. The van der Waals surface area contributed by atoms with E-state index in [0.29, 0.717) is 11.2 Å². The van der Waals surface area contributed by atoms with Crippen molar-refractivity contribution in [3.05, 3.63) is 16.5 Å². The number of nitrogens with zero attached hydrogens (tertiary/aromatic N) is 3. The van der Waals surface area contributed by atoms with Crippen LogP contribution in [0.25, 0.3) is 0 Å². The van der Waals surface area contributed by atoms with Gasteiger partial charge >= 0.3 is 0 Å². The Bertz CT molecular complexity index is 425. The molecule has 2 heterocycles. The number of hydrogen-bond acceptors (Lipinski definition) is 4. The maximum absolute atomic E-state index is 6.21. The van der Waals surface area contributed by atoms with E-state index in [9.17, 15) is 0 Å². The molecule has 1 aliphatic heterocycles. The van der Waals surface area contributed by atoms with Crippen molar-refractivity contribution in [2.75, 3.05) is 24.7 Å². The third kappa shape index (κ3) is 2.75. The van der Waals surface area contributed by atoms with Gasteiger partial charge in [0.1, 0.15) is 16.8 Å². The molecule has 0 radical (unpaired) electrons. The fourth-order valence-electron chi connectivity index (χ4n) is 2.18. The Labute approximate surface area is 113 Å². The van der Waals surface area contributed by atoms with Crippen molar-refractivity contribution >= 4 is 17.4 Å². The van der Waals surface area contributed by atoms with E-state index in [1.165, 1.54) is 0 Å². The van der Waals surface area contributed by atoms with Crippen LogP contribution < -0.4 is 4.90 Å². The summed E-state index contributed by atoms with van der Waals surface area (Å²) in [7, 11) is 0. The van der Waals surface area contributed by atoms with Crippen molar-refractivity contribution in [3.8, 4) is 0 Å². The largest absolute Gasteiger partial charge is 0.377 e. The predicted molar refractivity (Wildman–Crippen MR) is 73.4 cm³/mol. The van der Waals surface area contributed by atoms with Crippen molar-refractivity contribution in [3.63, 3.8) is 0 Å². The number of rotatable bonds is 3. The maximum Gasteiger partial charge on any atom is 0.137 e. The van der Waals surface area contributed by atoms with Gasteiger partial charge in [0.25, 0.3) is 0 Å². The molecule has 1 aliphatic rings. The SMILES string of the molecule is CCCc1nc(Cl)c(C)c(N2CCOCC2C)n1. The molecule has 1 aromatic heterocycles. The molecular weight excluding hydrogens is 250 g/mol. The number of aryl methyl sites for hydroxylation is 1. The Morgan fingerprint density at radius 3 is 2.89 bits per heavy atom. The van der Waals surface area contributed by atoms with Gasteiger partial charge in [0.15, 0.2) is 0 Å². The Kier molecular flexibility index (Phi) is 4.40. The lowest BCUT2D eigenvalue weighted by atomic mass is 10.2. The summed E-state index contributed by atoms with van der Waals surface area (Å²) in [5.74, 6) is 1.80. The van der Waals surface area contributed by atoms with Gasteiger partial charge in [-0.3, -0.25) is 0 Å². The molecule has 1 saturated heterocycles. The van der Waals surface area contributed by atoms with Gasteiger partial charge in [0.05, 0.1) is 19.3 Å². The van der Waals surface area contributed by atoms with Crippen molar-refractivity contribution in [2.24, 2.45) is 0 Å². The van der Waals surface area contributed by atoms with Crippen LogP contribution in [0.15, 0.2) is 0 Å². The first-order valence-electron chi connectivity index (χ1n) is 6.51. The van der Waals surface area contributed by atoms with Gasteiger partial charge in [0.2, 0.25) is 0 Å². The van der Waals surface area contributed by atoms with Gasteiger partial charge < -0.3 is 9.64 Å². The van der Waals surface area contributed by atoms with Crippen LogP contribution in [0, 0.1) is 6.92 Å². The van der Waals surface area contributed by atoms with E-state index in [0.717, 1.165) is 49.8 Å². The highest BCUT2D eigenvalue weighted by atomic mass is 35.5. The van der Waals surface area contributed by atoms with E-state index in [-0.39, 0.29) is 0 Å². The Balaban J connectivity index is 2.35. The van der Waals surface area contributed by atoms with E-state index in [1.54, 1.807) is 0 Å². The van der Waals surface area contributed by atoms with Gasteiger partial charge in [-0.1, -0.05) is 18.5 Å². The van der Waals surface area contributed by atoms with E-state index >= 15 is 0 Å². The fourth-order valence-corrected chi connectivity index (χ4v) is 2.36. The second-order valence-electron chi connectivity index (χ2n) is 4.75. The summed E-state index contributed by atoms with van der Waals surface area (Å²) in [6.45, 7) is 8.59. The number of ether oxygens (including phenoxy) is 1. The minimum absolute atomic E-state index is 0.331. The summed E-state index contributed by atoms with van der Waals surface area (Å²) < 4.78 is 5.46. The van der Waals surface area contributed by atoms with Gasteiger partial charge in [0, 0.05) is 18.5 Å². The number of hydrogen-bond donors (Lipinski definition) is 0. The topological polar surface area (TPSA) is 38.2 Å². The van der Waals surface area contributed by atoms with Gasteiger partial charge in [-0.05, 0) is 20.3 Å². The first kappa shape index (κ1) is 13.6. The summed E-state index contributed by atoms with van der Waals surface area (Å²) in [6.07, 6.45) is 1.89. The highest BCUT2D eigenvalue weighted by molar-refractivity contribution is 6.30. The number of morpholine rings is 1. The molecular formula is C13H20ClN3O. The number of aromatic nitrogens is 2. The minimum Gasteiger partial charge on any atom is -0.377 e. The fraction of sp³-hybridized carbons (Fsp3) is 0.692. The standard InChI is InChI=1S/C13H20ClN3O/c1-4-5-11-15-12(14)10(3)13(16-11)17-6-7-18-8-9(17)2/h9H,4-8H2,1-3H3. The predicted octanol–water partition coefficient (Wildman–Crippen LogP) is 2.62. The van der Waals surface area contributed by atoms with Crippen molar-refractivity contribution < 1.29 is 4.74 Å². The molecule has 1 atom stereocenters. The summed E-state index contributed by atoms with van der Waals surface area (Å²) in [4.78, 5) is 11.3. The second-order valence-corrected chi connectivity index (χ2v) is 5.10. The van der Waals surface area contributed by atoms with Crippen molar-refractivity contribution in [1.29, 1.82) is 0 Å². The summed E-state index contributed by atoms with van der Waals surface area (Å²) in [5, 5.41) is 0.571.